The van der Waals surface area contributed by atoms with E-state index in [2.05, 4.69) is 15.6 Å². The summed E-state index contributed by atoms with van der Waals surface area (Å²) in [5, 5.41) is 15.3. The first-order chi connectivity index (χ1) is 16.6. The molecule has 3 aromatic rings. The molecular weight excluding hydrogens is 438 g/mol. The van der Waals surface area contributed by atoms with Gasteiger partial charge in [0.25, 0.3) is 11.8 Å². The highest BCUT2D eigenvalue weighted by molar-refractivity contribution is 6.04. The monoisotopic (exact) mass is 467 g/mol. The van der Waals surface area contributed by atoms with Gasteiger partial charge in [0.2, 0.25) is 5.95 Å². The molecule has 2 aromatic carbocycles. The lowest BCUT2D eigenvalue weighted by Gasteiger charge is -2.26. The number of nitrogens with zero attached hydrogens (tertiary/aromatic N) is 3. The Morgan fingerprint density at radius 1 is 1.24 bits per heavy atom. The van der Waals surface area contributed by atoms with E-state index < -0.39 is 0 Å². The minimum atomic E-state index is -0.257. The molecule has 10 heteroatoms. The van der Waals surface area contributed by atoms with Crippen LogP contribution < -0.4 is 15.5 Å². The summed E-state index contributed by atoms with van der Waals surface area (Å²) >= 11 is 0. The molecule has 4 rings (SSSR count). The molecule has 0 bridgehead atoms. The Morgan fingerprint density at radius 3 is 2.79 bits per heavy atom. The number of hydrogen-bond acceptors (Lipinski definition) is 7. The highest BCUT2D eigenvalue weighted by Gasteiger charge is 2.22. The number of anilines is 2. The van der Waals surface area contributed by atoms with Crippen LogP contribution in [-0.4, -0.2) is 66.7 Å². The molecule has 0 saturated carbocycles. The average molecular weight is 468 g/mol. The van der Waals surface area contributed by atoms with Crippen LogP contribution in [0.25, 0.3) is 11.0 Å². The molecule has 0 radical (unpaired) electrons. The van der Waals surface area contributed by atoms with Crippen molar-refractivity contribution in [1.82, 2.24) is 14.9 Å². The van der Waals surface area contributed by atoms with E-state index in [9.17, 15) is 14.7 Å². The molecule has 0 unspecified atom stereocenters. The molecule has 1 aliphatic rings. The molecule has 180 valence electrons. The van der Waals surface area contributed by atoms with Crippen LogP contribution in [0.5, 0.6) is 0 Å². The Kier molecular flexibility index (Phi) is 8.86. The average Bonchev–Trinajstić information content (AvgIpc) is 3.20. The van der Waals surface area contributed by atoms with E-state index >= 15 is 0 Å². The van der Waals surface area contributed by atoms with Crippen molar-refractivity contribution in [3.8, 4) is 0 Å². The van der Waals surface area contributed by atoms with Crippen LogP contribution in [0, 0.1) is 0 Å². The number of amides is 2. The Balaban J connectivity index is 0.00000158. The summed E-state index contributed by atoms with van der Waals surface area (Å²) in [4.78, 5) is 39.5. The van der Waals surface area contributed by atoms with Crippen LogP contribution in [0.2, 0.25) is 0 Å². The first-order valence-corrected chi connectivity index (χ1v) is 10.9. The fourth-order valence-electron chi connectivity index (χ4n) is 3.83. The van der Waals surface area contributed by atoms with Gasteiger partial charge in [0.05, 0.1) is 17.6 Å². The van der Waals surface area contributed by atoms with Crippen molar-refractivity contribution in [3.63, 3.8) is 0 Å². The lowest BCUT2D eigenvalue weighted by molar-refractivity contribution is -0.125. The number of aromatic nitrogens is 2. The highest BCUT2D eigenvalue weighted by atomic mass is 16.5. The topological polar surface area (TPSA) is 126 Å². The fourth-order valence-corrected chi connectivity index (χ4v) is 3.83. The van der Waals surface area contributed by atoms with Gasteiger partial charge in [-0.15, -0.1) is 0 Å². The van der Waals surface area contributed by atoms with Crippen molar-refractivity contribution >= 4 is 41.3 Å². The van der Waals surface area contributed by atoms with Crippen LogP contribution in [0.1, 0.15) is 22.3 Å². The van der Waals surface area contributed by atoms with Gasteiger partial charge in [0.1, 0.15) is 13.4 Å². The van der Waals surface area contributed by atoms with Crippen molar-refractivity contribution < 1.29 is 24.2 Å². The van der Waals surface area contributed by atoms with Gasteiger partial charge in [0, 0.05) is 37.5 Å². The maximum atomic E-state index is 12.9. The standard InChI is InChI=1S/C23H27N5O4.CH2O/c1-24-14-16-4-2-5-17(12-16)22(31)26-23-25-19-13-18(27-9-11-32-15-21(27)30)6-7-20(19)28(23)8-3-10-29;1-2/h2,4-7,12-13,24,29H,3,8-11,14-15H2,1H3,(H,25,26,31);1H2. The smallest absolute Gasteiger partial charge is 0.257 e. The third kappa shape index (κ3) is 5.66. The van der Waals surface area contributed by atoms with Gasteiger partial charge in [-0.3, -0.25) is 14.9 Å². The molecule has 0 atom stereocenters. The Hall–Kier alpha value is -3.60. The summed E-state index contributed by atoms with van der Waals surface area (Å²) in [7, 11) is 1.86. The molecule has 1 aromatic heterocycles. The molecule has 0 aliphatic carbocycles. The van der Waals surface area contributed by atoms with E-state index in [0.717, 1.165) is 16.8 Å². The second-order valence-electron chi connectivity index (χ2n) is 7.62. The number of hydrogen-bond donors (Lipinski definition) is 3. The molecular formula is C24H29N5O5. The molecule has 1 saturated heterocycles. The number of ether oxygens (including phenoxy) is 1. The molecule has 2 heterocycles. The number of fused-ring (bicyclic) bond motifs is 1. The number of carbonyl (C=O) groups excluding carboxylic acids is 3. The van der Waals surface area contributed by atoms with Crippen molar-refractivity contribution in [2.45, 2.75) is 19.5 Å². The van der Waals surface area contributed by atoms with Gasteiger partial charge in [-0.25, -0.2) is 4.98 Å². The van der Waals surface area contributed by atoms with E-state index in [4.69, 9.17) is 9.53 Å². The Labute approximate surface area is 197 Å². The van der Waals surface area contributed by atoms with Gasteiger partial charge >= 0.3 is 0 Å². The summed E-state index contributed by atoms with van der Waals surface area (Å²) in [5.74, 6) is 0.0558. The summed E-state index contributed by atoms with van der Waals surface area (Å²) in [6, 6.07) is 13.0. The normalized spacial score (nSPS) is 13.5. The SMILES string of the molecule is C=O.CNCc1cccc(C(=O)Nc2nc3cc(N4CCOCC4=O)ccc3n2CCCO)c1. The largest absolute Gasteiger partial charge is 0.396 e. The number of imidazole rings is 1. The van der Waals surface area contributed by atoms with Crippen molar-refractivity contribution in [3.05, 3.63) is 53.6 Å². The van der Waals surface area contributed by atoms with Crippen LogP contribution >= 0.6 is 0 Å². The maximum Gasteiger partial charge on any atom is 0.257 e. The van der Waals surface area contributed by atoms with Crippen molar-refractivity contribution in [2.75, 3.05) is 43.6 Å². The van der Waals surface area contributed by atoms with Crippen LogP contribution in [0.15, 0.2) is 42.5 Å². The molecule has 0 spiro atoms. The van der Waals surface area contributed by atoms with Gasteiger partial charge in [-0.05, 0) is 49.4 Å². The number of aryl methyl sites for hydroxylation is 1. The predicted octanol–water partition coefficient (Wildman–Crippen LogP) is 1.57. The lowest BCUT2D eigenvalue weighted by atomic mass is 10.1. The minimum absolute atomic E-state index is 0.0273. The molecule has 3 N–H and O–H groups in total. The number of carbonyl (C=O) groups is 3. The number of aliphatic hydroxyl groups excluding tert-OH is 1. The van der Waals surface area contributed by atoms with E-state index in [1.807, 2.05) is 54.8 Å². The van der Waals surface area contributed by atoms with E-state index in [1.54, 1.807) is 11.0 Å². The number of rotatable bonds is 8. The number of benzene rings is 2. The summed E-state index contributed by atoms with van der Waals surface area (Å²) in [6.07, 6.45) is 0.523. The maximum absolute atomic E-state index is 12.9. The van der Waals surface area contributed by atoms with Crippen LogP contribution in [0.4, 0.5) is 11.6 Å². The summed E-state index contributed by atoms with van der Waals surface area (Å²) < 4.78 is 7.09. The lowest BCUT2D eigenvalue weighted by Crippen LogP contribution is -2.41. The summed E-state index contributed by atoms with van der Waals surface area (Å²) in [6.45, 7) is 4.23. The third-order valence-corrected chi connectivity index (χ3v) is 5.36. The molecule has 1 fully saturated rings. The minimum Gasteiger partial charge on any atom is -0.396 e. The van der Waals surface area contributed by atoms with Crippen LogP contribution in [-0.2, 0) is 27.4 Å². The zero-order valence-corrected chi connectivity index (χ0v) is 19.1. The first-order valence-electron chi connectivity index (χ1n) is 10.9. The van der Waals surface area contributed by atoms with Gasteiger partial charge in [0.15, 0.2) is 0 Å². The van der Waals surface area contributed by atoms with Gasteiger partial charge in [-0.2, -0.15) is 0 Å². The second-order valence-corrected chi connectivity index (χ2v) is 7.62. The molecule has 1 aliphatic heterocycles. The Morgan fingerprint density at radius 2 is 2.06 bits per heavy atom. The van der Waals surface area contributed by atoms with E-state index in [0.29, 0.717) is 49.7 Å². The molecule has 34 heavy (non-hydrogen) atoms. The fraction of sp³-hybridized carbons (Fsp3) is 0.333. The quantitative estimate of drug-likeness (QED) is 0.459. The first kappa shape index (κ1) is 25.0. The highest BCUT2D eigenvalue weighted by Crippen LogP contribution is 2.26. The predicted molar refractivity (Wildman–Crippen MR) is 129 cm³/mol. The van der Waals surface area contributed by atoms with Crippen molar-refractivity contribution in [2.24, 2.45) is 0 Å². The van der Waals surface area contributed by atoms with Gasteiger partial charge in [-0.1, -0.05) is 12.1 Å². The number of morpholine rings is 1. The van der Waals surface area contributed by atoms with E-state index in [-0.39, 0.29) is 25.0 Å². The van der Waals surface area contributed by atoms with Gasteiger partial charge < -0.3 is 29.4 Å². The number of nitrogens with one attached hydrogen (secondary N) is 2. The Bertz CT molecular complexity index is 1150. The second kappa shape index (κ2) is 12.0. The van der Waals surface area contributed by atoms with Crippen LogP contribution in [0.3, 0.4) is 0 Å². The zero-order valence-electron chi connectivity index (χ0n) is 19.1. The molecule has 2 amide bonds. The molecule has 10 nitrogen and oxygen atoms in total. The number of aliphatic hydroxyl groups is 1. The van der Waals surface area contributed by atoms with Crippen molar-refractivity contribution in [1.29, 1.82) is 0 Å². The zero-order chi connectivity index (χ0) is 24.5. The summed E-state index contributed by atoms with van der Waals surface area (Å²) in [5.41, 5.74) is 3.78. The third-order valence-electron chi connectivity index (χ3n) is 5.36. The van der Waals surface area contributed by atoms with E-state index in [1.165, 1.54) is 0 Å².